The molecule has 0 aliphatic rings. The van der Waals surface area contributed by atoms with Crippen LogP contribution in [0.1, 0.15) is 33.7 Å². The van der Waals surface area contributed by atoms with Crippen LogP contribution in [-0.2, 0) is 9.59 Å². The van der Waals surface area contributed by atoms with Crippen molar-refractivity contribution in [2.24, 2.45) is 0 Å². The number of carbonyl (C=O) groups is 3. The fourth-order valence-electron chi connectivity index (χ4n) is 5.11. The smallest absolute Gasteiger partial charge is 0.272 e. The Labute approximate surface area is 318 Å². The first-order valence-electron chi connectivity index (χ1n) is 16.3. The molecule has 52 heavy (non-hydrogen) atoms. The summed E-state index contributed by atoms with van der Waals surface area (Å²) in [4.78, 5) is 46.1. The molecule has 1 heterocycles. The summed E-state index contributed by atoms with van der Waals surface area (Å²) < 4.78 is 6.38. The molecule has 0 bridgehead atoms. The van der Waals surface area contributed by atoms with Gasteiger partial charge in [-0.3, -0.25) is 14.4 Å². The number of carbonyl (C=O) groups excluding carboxylic acids is 3. The summed E-state index contributed by atoms with van der Waals surface area (Å²) in [6.45, 7) is 2.53. The maximum absolute atomic E-state index is 13.8. The highest BCUT2D eigenvalue weighted by Crippen LogP contribution is 2.38. The zero-order valence-corrected chi connectivity index (χ0v) is 31.1. The third-order valence-corrected chi connectivity index (χ3v) is 10.1. The fourth-order valence-corrected chi connectivity index (χ4v) is 7.33. The SMILES string of the molecule is CCOc1ccc(-c2csc(NC(=O)C(Sc3cccc(NC(=O)/C(=C\c4cccc(Br)c4)NC(=O)c4ccccc4)c3)c3ccccc3)n2)cc1. The van der Waals surface area contributed by atoms with Gasteiger partial charge in [0.1, 0.15) is 16.7 Å². The van der Waals surface area contributed by atoms with Crippen molar-refractivity contribution in [2.75, 3.05) is 17.2 Å². The number of aromatic nitrogens is 1. The standard InChI is InChI=1S/C41H33BrN4O4S2/c1-2-50-33-21-19-28(20-22-33)36-26-51-41(45-36)46-40(49)37(29-12-5-3-6-13-29)52-34-18-10-17-32(25-34)43-39(48)35(24-27-11-9-16-31(42)23-27)44-38(47)30-14-7-4-8-15-30/h3-26,37H,2H2,1H3,(H,43,48)(H,44,47)(H,45,46,49)/b35-24+. The van der Waals surface area contributed by atoms with Crippen LogP contribution in [0.3, 0.4) is 0 Å². The summed E-state index contributed by atoms with van der Waals surface area (Å²) in [6, 6.07) is 40.5. The van der Waals surface area contributed by atoms with E-state index in [0.717, 1.165) is 37.5 Å². The molecule has 0 aliphatic carbocycles. The minimum absolute atomic E-state index is 0.0691. The van der Waals surface area contributed by atoms with Crippen LogP contribution in [0.15, 0.2) is 154 Å². The molecule has 0 saturated carbocycles. The Hall–Kier alpha value is -5.49. The fraction of sp³-hybridized carbons (Fsp3) is 0.0732. The largest absolute Gasteiger partial charge is 0.494 e. The molecule has 11 heteroatoms. The minimum atomic E-state index is -0.623. The van der Waals surface area contributed by atoms with Crippen LogP contribution in [0.25, 0.3) is 17.3 Å². The van der Waals surface area contributed by atoms with E-state index in [-0.39, 0.29) is 11.6 Å². The van der Waals surface area contributed by atoms with Crippen molar-refractivity contribution in [3.8, 4) is 17.0 Å². The number of nitrogens with zero attached hydrogens (tertiary/aromatic N) is 1. The molecule has 0 spiro atoms. The average Bonchev–Trinajstić information content (AvgIpc) is 3.63. The predicted molar refractivity (Wildman–Crippen MR) is 213 cm³/mol. The Bertz CT molecular complexity index is 2190. The van der Waals surface area contributed by atoms with Crippen molar-refractivity contribution in [1.29, 1.82) is 0 Å². The molecule has 1 aromatic heterocycles. The molecule has 8 nitrogen and oxygen atoms in total. The van der Waals surface area contributed by atoms with Gasteiger partial charge < -0.3 is 20.7 Å². The Morgan fingerprint density at radius 1 is 0.846 bits per heavy atom. The van der Waals surface area contributed by atoms with Gasteiger partial charge in [-0.15, -0.1) is 23.1 Å². The molecule has 0 aliphatic heterocycles. The van der Waals surface area contributed by atoms with E-state index in [1.54, 1.807) is 42.5 Å². The molecule has 1 unspecified atom stereocenters. The van der Waals surface area contributed by atoms with Crippen LogP contribution in [0.4, 0.5) is 10.8 Å². The highest BCUT2D eigenvalue weighted by molar-refractivity contribution is 9.10. The third-order valence-electron chi connectivity index (χ3n) is 7.57. The van der Waals surface area contributed by atoms with Crippen LogP contribution < -0.4 is 20.7 Å². The molecule has 5 aromatic carbocycles. The van der Waals surface area contributed by atoms with E-state index in [1.807, 2.05) is 109 Å². The average molecular weight is 790 g/mol. The second-order valence-electron chi connectivity index (χ2n) is 11.3. The molecule has 1 atom stereocenters. The third kappa shape index (κ3) is 9.85. The topological polar surface area (TPSA) is 109 Å². The summed E-state index contributed by atoms with van der Waals surface area (Å²) in [5, 5.41) is 10.5. The molecular formula is C41H33BrN4O4S2. The highest BCUT2D eigenvalue weighted by atomic mass is 79.9. The normalized spacial score (nSPS) is 11.7. The number of rotatable bonds is 13. The molecule has 0 radical (unpaired) electrons. The molecular weight excluding hydrogens is 757 g/mol. The van der Waals surface area contributed by atoms with Gasteiger partial charge in [-0.05, 0) is 90.9 Å². The zero-order chi connectivity index (χ0) is 36.3. The quantitative estimate of drug-likeness (QED) is 0.0795. The number of halogens is 1. The van der Waals surface area contributed by atoms with Crippen molar-refractivity contribution >= 4 is 73.6 Å². The number of benzene rings is 5. The van der Waals surface area contributed by atoms with Gasteiger partial charge in [-0.25, -0.2) is 4.98 Å². The molecule has 260 valence electrons. The maximum Gasteiger partial charge on any atom is 0.272 e. The van der Waals surface area contributed by atoms with E-state index in [1.165, 1.54) is 23.1 Å². The van der Waals surface area contributed by atoms with E-state index < -0.39 is 17.1 Å². The van der Waals surface area contributed by atoms with E-state index in [2.05, 4.69) is 36.9 Å². The van der Waals surface area contributed by atoms with Crippen molar-refractivity contribution in [2.45, 2.75) is 17.1 Å². The lowest BCUT2D eigenvalue weighted by Gasteiger charge is -2.17. The van der Waals surface area contributed by atoms with Gasteiger partial charge in [-0.1, -0.05) is 82.7 Å². The summed E-state index contributed by atoms with van der Waals surface area (Å²) in [5.74, 6) is -0.365. The minimum Gasteiger partial charge on any atom is -0.494 e. The van der Waals surface area contributed by atoms with E-state index >= 15 is 0 Å². The number of thiazole rings is 1. The number of thioether (sulfide) groups is 1. The first kappa shape index (κ1) is 36.3. The van der Waals surface area contributed by atoms with Gasteiger partial charge in [0.2, 0.25) is 5.91 Å². The molecule has 3 N–H and O–H groups in total. The molecule has 0 fully saturated rings. The molecule has 6 aromatic rings. The number of amides is 3. The van der Waals surface area contributed by atoms with Crippen molar-refractivity contribution in [3.63, 3.8) is 0 Å². The van der Waals surface area contributed by atoms with Gasteiger partial charge >= 0.3 is 0 Å². The van der Waals surface area contributed by atoms with Crippen molar-refractivity contribution in [3.05, 3.63) is 166 Å². The van der Waals surface area contributed by atoms with Gasteiger partial charge in [0.25, 0.3) is 11.8 Å². The van der Waals surface area contributed by atoms with E-state index in [0.29, 0.717) is 23.0 Å². The Morgan fingerprint density at radius 3 is 2.31 bits per heavy atom. The number of ether oxygens (including phenoxy) is 1. The summed E-state index contributed by atoms with van der Waals surface area (Å²) in [5.41, 5.74) is 4.19. The first-order chi connectivity index (χ1) is 25.3. The van der Waals surface area contributed by atoms with Crippen LogP contribution in [0.5, 0.6) is 5.75 Å². The van der Waals surface area contributed by atoms with Crippen molar-refractivity contribution in [1.82, 2.24) is 10.3 Å². The van der Waals surface area contributed by atoms with Gasteiger partial charge in [-0.2, -0.15) is 0 Å². The second kappa shape index (κ2) is 17.6. The lowest BCUT2D eigenvalue weighted by atomic mass is 10.1. The number of nitrogens with one attached hydrogen (secondary N) is 3. The summed E-state index contributed by atoms with van der Waals surface area (Å²) >= 11 is 6.17. The monoisotopic (exact) mass is 788 g/mol. The highest BCUT2D eigenvalue weighted by Gasteiger charge is 2.24. The predicted octanol–water partition coefficient (Wildman–Crippen LogP) is 9.85. The second-order valence-corrected chi connectivity index (χ2v) is 14.3. The van der Waals surface area contributed by atoms with E-state index in [4.69, 9.17) is 4.74 Å². The lowest BCUT2D eigenvalue weighted by Crippen LogP contribution is -2.30. The Kier molecular flexibility index (Phi) is 12.3. The Balaban J connectivity index is 1.19. The van der Waals surface area contributed by atoms with Gasteiger partial charge in [0.15, 0.2) is 5.13 Å². The zero-order valence-electron chi connectivity index (χ0n) is 27.9. The van der Waals surface area contributed by atoms with Gasteiger partial charge in [0, 0.05) is 31.6 Å². The first-order valence-corrected chi connectivity index (χ1v) is 18.9. The van der Waals surface area contributed by atoms with Crippen LogP contribution in [0.2, 0.25) is 0 Å². The van der Waals surface area contributed by atoms with Gasteiger partial charge in [0.05, 0.1) is 12.3 Å². The van der Waals surface area contributed by atoms with Crippen LogP contribution in [-0.4, -0.2) is 29.3 Å². The number of hydrogen-bond donors (Lipinski definition) is 3. The molecule has 6 rings (SSSR count). The number of anilines is 2. The maximum atomic E-state index is 13.8. The lowest BCUT2D eigenvalue weighted by molar-refractivity contribution is -0.116. The van der Waals surface area contributed by atoms with Crippen LogP contribution >= 0.6 is 39.0 Å². The van der Waals surface area contributed by atoms with E-state index in [9.17, 15) is 14.4 Å². The molecule has 0 saturated heterocycles. The number of hydrogen-bond acceptors (Lipinski definition) is 7. The Morgan fingerprint density at radius 2 is 1.58 bits per heavy atom. The molecule has 3 amide bonds. The van der Waals surface area contributed by atoms with Crippen LogP contribution in [0, 0.1) is 0 Å². The van der Waals surface area contributed by atoms with Crippen molar-refractivity contribution < 1.29 is 19.1 Å². The summed E-state index contributed by atoms with van der Waals surface area (Å²) in [7, 11) is 0. The summed E-state index contributed by atoms with van der Waals surface area (Å²) in [6.07, 6.45) is 1.62.